The minimum Gasteiger partial charge on any atom is -0.455 e. The Balaban J connectivity index is 2.09. The van der Waals surface area contributed by atoms with Gasteiger partial charge in [-0.1, -0.05) is 35.9 Å². The van der Waals surface area contributed by atoms with E-state index in [9.17, 15) is 0 Å². The largest absolute Gasteiger partial charge is 0.455 e. The van der Waals surface area contributed by atoms with Crippen molar-refractivity contribution in [3.05, 3.63) is 64.4 Å². The van der Waals surface area contributed by atoms with Gasteiger partial charge in [-0.25, -0.2) is 0 Å². The van der Waals surface area contributed by atoms with Gasteiger partial charge in [0.2, 0.25) is 0 Å². The molecule has 0 aliphatic carbocycles. The Kier molecular flexibility index (Phi) is 3.40. The van der Waals surface area contributed by atoms with E-state index in [0.29, 0.717) is 5.75 Å². The summed E-state index contributed by atoms with van der Waals surface area (Å²) in [5.41, 5.74) is 0. The molecule has 0 fully saturated rings. The van der Waals surface area contributed by atoms with E-state index in [1.165, 1.54) is 0 Å². The lowest BCUT2D eigenvalue weighted by molar-refractivity contribution is 0.485. The van der Waals surface area contributed by atoms with Crippen LogP contribution in [0.3, 0.4) is 0 Å². The number of rotatable bonds is 2. The third-order valence-corrected chi connectivity index (χ3v) is 3.50. The standard InChI is InChI=1S/C15H9BrClNO/c16-10-7-11(9-18-8-10)19-15-6-5-14(17)12-3-1-2-4-13(12)15/h1-9H. The van der Waals surface area contributed by atoms with Crippen LogP contribution in [0.2, 0.25) is 5.02 Å². The number of fused-ring (bicyclic) bond motifs is 1. The van der Waals surface area contributed by atoms with Crippen LogP contribution in [-0.2, 0) is 0 Å². The van der Waals surface area contributed by atoms with Crippen molar-refractivity contribution in [2.24, 2.45) is 0 Å². The number of ether oxygens (including phenoxy) is 1. The Morgan fingerprint density at radius 3 is 2.58 bits per heavy atom. The molecule has 3 aromatic rings. The molecule has 0 unspecified atom stereocenters. The summed E-state index contributed by atoms with van der Waals surface area (Å²) in [6.07, 6.45) is 3.39. The van der Waals surface area contributed by atoms with Crippen molar-refractivity contribution in [2.45, 2.75) is 0 Å². The van der Waals surface area contributed by atoms with E-state index in [4.69, 9.17) is 16.3 Å². The molecule has 0 bridgehead atoms. The highest BCUT2D eigenvalue weighted by Crippen LogP contribution is 2.34. The molecule has 0 saturated carbocycles. The normalized spacial score (nSPS) is 10.6. The van der Waals surface area contributed by atoms with Gasteiger partial charge in [-0.2, -0.15) is 0 Å². The molecule has 19 heavy (non-hydrogen) atoms. The van der Waals surface area contributed by atoms with Gasteiger partial charge in [0.15, 0.2) is 0 Å². The highest BCUT2D eigenvalue weighted by molar-refractivity contribution is 9.10. The zero-order valence-electron chi connectivity index (χ0n) is 9.81. The molecule has 0 aliphatic heterocycles. The molecule has 0 amide bonds. The van der Waals surface area contributed by atoms with Gasteiger partial charge >= 0.3 is 0 Å². The maximum Gasteiger partial charge on any atom is 0.146 e. The second-order valence-electron chi connectivity index (χ2n) is 4.03. The third kappa shape index (κ3) is 2.57. The van der Waals surface area contributed by atoms with Crippen molar-refractivity contribution in [3.8, 4) is 11.5 Å². The van der Waals surface area contributed by atoms with E-state index in [-0.39, 0.29) is 0 Å². The van der Waals surface area contributed by atoms with E-state index in [0.717, 1.165) is 26.0 Å². The lowest BCUT2D eigenvalue weighted by Gasteiger charge is -2.09. The zero-order chi connectivity index (χ0) is 13.2. The van der Waals surface area contributed by atoms with Gasteiger partial charge in [-0.15, -0.1) is 0 Å². The first-order valence-electron chi connectivity index (χ1n) is 5.70. The van der Waals surface area contributed by atoms with Crippen molar-refractivity contribution in [1.29, 1.82) is 0 Å². The van der Waals surface area contributed by atoms with Crippen LogP contribution in [0.1, 0.15) is 0 Å². The molecule has 4 heteroatoms. The number of nitrogens with zero attached hydrogens (tertiary/aromatic N) is 1. The Morgan fingerprint density at radius 2 is 1.79 bits per heavy atom. The molecule has 0 atom stereocenters. The molecule has 94 valence electrons. The number of hydrogen-bond donors (Lipinski definition) is 0. The van der Waals surface area contributed by atoms with Gasteiger partial charge in [0.1, 0.15) is 11.5 Å². The van der Waals surface area contributed by atoms with Crippen LogP contribution < -0.4 is 4.74 Å². The average molecular weight is 335 g/mol. The number of hydrogen-bond acceptors (Lipinski definition) is 2. The molecular formula is C15H9BrClNO. The summed E-state index contributed by atoms with van der Waals surface area (Å²) in [6.45, 7) is 0. The van der Waals surface area contributed by atoms with Gasteiger partial charge in [-0.3, -0.25) is 4.98 Å². The van der Waals surface area contributed by atoms with E-state index >= 15 is 0 Å². The fourth-order valence-corrected chi connectivity index (χ4v) is 2.47. The topological polar surface area (TPSA) is 22.1 Å². The maximum absolute atomic E-state index is 6.18. The van der Waals surface area contributed by atoms with Crippen molar-refractivity contribution >= 4 is 38.3 Å². The predicted octanol–water partition coefficient (Wildman–Crippen LogP) is 5.44. The summed E-state index contributed by atoms with van der Waals surface area (Å²) in [6, 6.07) is 13.5. The molecular weight excluding hydrogens is 326 g/mol. The quantitative estimate of drug-likeness (QED) is 0.622. The van der Waals surface area contributed by atoms with Crippen LogP contribution >= 0.6 is 27.5 Å². The van der Waals surface area contributed by atoms with Crippen LogP contribution in [0, 0.1) is 0 Å². The Labute approximate surface area is 124 Å². The van der Waals surface area contributed by atoms with Gasteiger partial charge < -0.3 is 4.74 Å². The lowest BCUT2D eigenvalue weighted by atomic mass is 10.1. The first kappa shape index (κ1) is 12.5. The van der Waals surface area contributed by atoms with Crippen LogP contribution in [0.25, 0.3) is 10.8 Å². The van der Waals surface area contributed by atoms with E-state index < -0.39 is 0 Å². The number of halogens is 2. The summed E-state index contributed by atoms with van der Waals surface area (Å²) < 4.78 is 6.75. The molecule has 2 nitrogen and oxygen atoms in total. The van der Waals surface area contributed by atoms with Gasteiger partial charge in [0.05, 0.1) is 6.20 Å². The monoisotopic (exact) mass is 333 g/mol. The summed E-state index contributed by atoms with van der Waals surface area (Å²) in [5, 5.41) is 2.68. The summed E-state index contributed by atoms with van der Waals surface area (Å²) in [4.78, 5) is 4.08. The molecule has 2 aromatic carbocycles. The van der Waals surface area contributed by atoms with Gasteiger partial charge in [0, 0.05) is 26.5 Å². The Bertz CT molecular complexity index is 745. The molecule has 0 N–H and O–H groups in total. The minimum atomic E-state index is 0.682. The molecule has 3 rings (SSSR count). The lowest BCUT2D eigenvalue weighted by Crippen LogP contribution is -1.87. The van der Waals surface area contributed by atoms with Crippen LogP contribution in [0.15, 0.2) is 59.3 Å². The summed E-state index contributed by atoms with van der Waals surface area (Å²) in [5.74, 6) is 1.45. The summed E-state index contributed by atoms with van der Waals surface area (Å²) in [7, 11) is 0. The van der Waals surface area contributed by atoms with Crippen molar-refractivity contribution in [1.82, 2.24) is 4.98 Å². The molecule has 1 heterocycles. The van der Waals surface area contributed by atoms with Gasteiger partial charge in [-0.05, 0) is 34.1 Å². The Hall–Kier alpha value is -1.58. The fraction of sp³-hybridized carbons (Fsp3) is 0. The number of benzene rings is 2. The molecule has 1 aromatic heterocycles. The van der Waals surface area contributed by atoms with Crippen LogP contribution in [0.4, 0.5) is 0 Å². The van der Waals surface area contributed by atoms with Crippen LogP contribution in [0.5, 0.6) is 11.5 Å². The van der Waals surface area contributed by atoms with E-state index in [2.05, 4.69) is 20.9 Å². The first-order valence-corrected chi connectivity index (χ1v) is 6.87. The summed E-state index contributed by atoms with van der Waals surface area (Å²) >= 11 is 9.56. The molecule has 0 spiro atoms. The van der Waals surface area contributed by atoms with Crippen molar-refractivity contribution in [3.63, 3.8) is 0 Å². The smallest absolute Gasteiger partial charge is 0.146 e. The van der Waals surface area contributed by atoms with Crippen LogP contribution in [-0.4, -0.2) is 4.98 Å². The van der Waals surface area contributed by atoms with Gasteiger partial charge in [0.25, 0.3) is 0 Å². The van der Waals surface area contributed by atoms with Crippen molar-refractivity contribution < 1.29 is 4.74 Å². The number of pyridine rings is 1. The molecule has 0 saturated heterocycles. The minimum absolute atomic E-state index is 0.682. The molecule has 0 aliphatic rings. The average Bonchev–Trinajstić information content (AvgIpc) is 2.42. The second kappa shape index (κ2) is 5.19. The predicted molar refractivity (Wildman–Crippen MR) is 81.0 cm³/mol. The third-order valence-electron chi connectivity index (χ3n) is 2.74. The van der Waals surface area contributed by atoms with Crippen molar-refractivity contribution in [2.75, 3.05) is 0 Å². The SMILES string of the molecule is Clc1ccc(Oc2cncc(Br)c2)c2ccccc12. The van der Waals surface area contributed by atoms with E-state index in [1.54, 1.807) is 12.4 Å². The Morgan fingerprint density at radius 1 is 1.00 bits per heavy atom. The second-order valence-corrected chi connectivity index (χ2v) is 5.35. The maximum atomic E-state index is 6.18. The highest BCUT2D eigenvalue weighted by Gasteiger charge is 2.06. The number of aromatic nitrogens is 1. The molecule has 0 radical (unpaired) electrons. The highest BCUT2D eigenvalue weighted by atomic mass is 79.9. The fourth-order valence-electron chi connectivity index (χ4n) is 1.90. The first-order chi connectivity index (χ1) is 9.24. The van der Waals surface area contributed by atoms with E-state index in [1.807, 2.05) is 42.5 Å². The zero-order valence-corrected chi connectivity index (χ0v) is 12.1.